The van der Waals surface area contributed by atoms with Crippen LogP contribution < -0.4 is 0 Å². The van der Waals surface area contributed by atoms with Gasteiger partial charge in [-0.2, -0.15) is 29.8 Å². The first-order chi connectivity index (χ1) is 4.72. The van der Waals surface area contributed by atoms with Crippen LogP contribution >= 0.6 is 0 Å². The molecule has 11 heavy (non-hydrogen) atoms. The first kappa shape index (κ1) is 11.3. The molecule has 1 aromatic rings. The summed E-state index contributed by atoms with van der Waals surface area (Å²) in [7, 11) is 0. The van der Waals surface area contributed by atoms with Gasteiger partial charge in [-0.15, -0.1) is 5.56 Å². The minimum atomic E-state index is -0.402. The maximum absolute atomic E-state index is 9.17. The fourth-order valence-electron chi connectivity index (χ4n) is 0.984. The molecule has 0 unspecified atom stereocenters. The molecule has 57 valence electrons. The summed E-state index contributed by atoms with van der Waals surface area (Å²) in [5.41, 5.74) is 1.99. The average molecular weight is 224 g/mol. The second-order valence-corrected chi connectivity index (χ2v) is 2.44. The topological polar surface area (TPSA) is 20.2 Å². The van der Waals surface area contributed by atoms with Crippen LogP contribution in [0, 0.1) is 13.0 Å². The van der Waals surface area contributed by atoms with E-state index in [0.717, 1.165) is 11.1 Å². The van der Waals surface area contributed by atoms with Crippen molar-refractivity contribution in [3.63, 3.8) is 0 Å². The molecular formula is C9H11OY-. The largest absolute Gasteiger partial charge is 0.391 e. The van der Waals surface area contributed by atoms with Gasteiger partial charge in [-0.25, -0.2) is 0 Å². The SMILES string of the molecule is Cc1ccc[c-]c1[C@H](C)O.[Y]. The van der Waals surface area contributed by atoms with E-state index in [0.29, 0.717) is 0 Å². The Morgan fingerprint density at radius 1 is 1.55 bits per heavy atom. The summed E-state index contributed by atoms with van der Waals surface area (Å²) in [6.07, 6.45) is -0.402. The van der Waals surface area contributed by atoms with Crippen LogP contribution in [0.25, 0.3) is 0 Å². The number of benzene rings is 1. The molecule has 1 N–H and O–H groups in total. The second kappa shape index (κ2) is 5.02. The van der Waals surface area contributed by atoms with Gasteiger partial charge in [-0.3, -0.25) is 0 Å². The summed E-state index contributed by atoms with van der Waals surface area (Å²) in [5, 5.41) is 9.17. The summed E-state index contributed by atoms with van der Waals surface area (Å²) in [4.78, 5) is 0. The van der Waals surface area contributed by atoms with Crippen molar-refractivity contribution in [1.82, 2.24) is 0 Å². The Morgan fingerprint density at radius 2 is 2.18 bits per heavy atom. The van der Waals surface area contributed by atoms with Crippen molar-refractivity contribution in [3.05, 3.63) is 35.4 Å². The predicted molar refractivity (Wildman–Crippen MR) is 40.6 cm³/mol. The number of aryl methyl sites for hydroxylation is 1. The van der Waals surface area contributed by atoms with E-state index in [4.69, 9.17) is 0 Å². The molecule has 1 atom stereocenters. The van der Waals surface area contributed by atoms with Gasteiger partial charge in [0.05, 0.1) is 6.10 Å². The molecule has 0 heterocycles. The number of hydrogen-bond donors (Lipinski definition) is 1. The van der Waals surface area contributed by atoms with Crippen LogP contribution in [0.4, 0.5) is 0 Å². The van der Waals surface area contributed by atoms with Crippen molar-refractivity contribution in [3.8, 4) is 0 Å². The predicted octanol–water partition coefficient (Wildman–Crippen LogP) is 1.85. The van der Waals surface area contributed by atoms with Crippen molar-refractivity contribution < 1.29 is 37.8 Å². The molecule has 0 aliphatic carbocycles. The quantitative estimate of drug-likeness (QED) is 0.721. The zero-order chi connectivity index (χ0) is 7.56. The van der Waals surface area contributed by atoms with E-state index in [9.17, 15) is 5.11 Å². The molecule has 2 heteroatoms. The number of aliphatic hydroxyl groups is 1. The second-order valence-electron chi connectivity index (χ2n) is 2.44. The van der Waals surface area contributed by atoms with E-state index in [1.807, 2.05) is 25.1 Å². The molecule has 0 amide bonds. The third kappa shape index (κ3) is 3.02. The summed E-state index contributed by atoms with van der Waals surface area (Å²) >= 11 is 0. The normalized spacial score (nSPS) is 11.9. The van der Waals surface area contributed by atoms with Crippen LogP contribution in [0.1, 0.15) is 24.2 Å². The summed E-state index contributed by atoms with van der Waals surface area (Å²) in [6.45, 7) is 3.72. The molecule has 1 aromatic carbocycles. The van der Waals surface area contributed by atoms with Crippen molar-refractivity contribution in [2.45, 2.75) is 20.0 Å². The fourth-order valence-corrected chi connectivity index (χ4v) is 0.984. The number of aliphatic hydroxyl groups excluding tert-OH is 1. The Labute approximate surface area is 92.7 Å². The molecule has 0 spiro atoms. The van der Waals surface area contributed by atoms with Gasteiger partial charge < -0.3 is 5.11 Å². The minimum absolute atomic E-state index is 0. The van der Waals surface area contributed by atoms with Crippen molar-refractivity contribution in [2.24, 2.45) is 0 Å². The standard InChI is InChI=1S/C9H11O.Y/c1-7-5-3-4-6-9(7)8(2)10;/h3-5,8,10H,1-2H3;/q-1;/t8-;/m0./s1. The van der Waals surface area contributed by atoms with Gasteiger partial charge in [0.25, 0.3) is 0 Å². The van der Waals surface area contributed by atoms with Crippen LogP contribution in [0.15, 0.2) is 18.2 Å². The van der Waals surface area contributed by atoms with Gasteiger partial charge in [-0.1, -0.05) is 6.92 Å². The summed E-state index contributed by atoms with van der Waals surface area (Å²) in [6, 6.07) is 8.69. The zero-order valence-corrected chi connectivity index (χ0v) is 9.67. The first-order valence-electron chi connectivity index (χ1n) is 3.37. The third-order valence-corrected chi connectivity index (χ3v) is 1.52. The van der Waals surface area contributed by atoms with Crippen LogP contribution in [-0.2, 0) is 32.7 Å². The van der Waals surface area contributed by atoms with E-state index in [1.54, 1.807) is 6.92 Å². The van der Waals surface area contributed by atoms with E-state index < -0.39 is 6.10 Å². The third-order valence-electron chi connectivity index (χ3n) is 1.52. The van der Waals surface area contributed by atoms with Gasteiger partial charge >= 0.3 is 0 Å². The Balaban J connectivity index is 0.000001000. The smallest absolute Gasteiger partial charge is 0.0541 e. The molecule has 0 fully saturated rings. The monoisotopic (exact) mass is 224 g/mol. The van der Waals surface area contributed by atoms with Crippen LogP contribution in [0.5, 0.6) is 0 Å². The molecule has 0 saturated heterocycles. The van der Waals surface area contributed by atoms with Crippen molar-refractivity contribution in [1.29, 1.82) is 0 Å². The van der Waals surface area contributed by atoms with E-state index >= 15 is 0 Å². The zero-order valence-electron chi connectivity index (χ0n) is 6.83. The van der Waals surface area contributed by atoms with Gasteiger partial charge in [0, 0.05) is 32.7 Å². The summed E-state index contributed by atoms with van der Waals surface area (Å²) in [5.74, 6) is 0. The molecule has 1 nitrogen and oxygen atoms in total. The number of rotatable bonds is 1. The first-order valence-corrected chi connectivity index (χ1v) is 3.37. The maximum Gasteiger partial charge on any atom is 0.0541 e. The molecule has 0 saturated carbocycles. The average Bonchev–Trinajstić information content (AvgIpc) is 1.88. The van der Waals surface area contributed by atoms with Crippen LogP contribution in [0.2, 0.25) is 0 Å². The molecule has 0 bridgehead atoms. The Morgan fingerprint density at radius 3 is 2.55 bits per heavy atom. The Bertz CT molecular complexity index is 221. The molecule has 0 aliphatic heterocycles. The Kier molecular flexibility index (Phi) is 5.15. The van der Waals surface area contributed by atoms with Crippen molar-refractivity contribution in [2.75, 3.05) is 0 Å². The Hall–Kier alpha value is 0.284. The van der Waals surface area contributed by atoms with Gasteiger partial charge in [0.1, 0.15) is 0 Å². The maximum atomic E-state index is 9.17. The van der Waals surface area contributed by atoms with Crippen LogP contribution in [-0.4, -0.2) is 5.11 Å². The van der Waals surface area contributed by atoms with Crippen molar-refractivity contribution >= 4 is 0 Å². The summed E-state index contributed by atoms with van der Waals surface area (Å²) < 4.78 is 0. The van der Waals surface area contributed by atoms with Crippen LogP contribution in [0.3, 0.4) is 0 Å². The molecule has 1 rings (SSSR count). The minimum Gasteiger partial charge on any atom is -0.391 e. The van der Waals surface area contributed by atoms with Gasteiger partial charge in [0.2, 0.25) is 0 Å². The van der Waals surface area contributed by atoms with E-state index in [1.165, 1.54) is 0 Å². The van der Waals surface area contributed by atoms with E-state index in [-0.39, 0.29) is 32.7 Å². The van der Waals surface area contributed by atoms with E-state index in [2.05, 4.69) is 6.07 Å². The van der Waals surface area contributed by atoms with Gasteiger partial charge in [-0.05, 0) is 6.92 Å². The molecule has 0 aliphatic rings. The molecule has 1 radical (unpaired) electrons. The fraction of sp³-hybridized carbons (Fsp3) is 0.333. The number of hydrogen-bond acceptors (Lipinski definition) is 1. The molecular weight excluding hydrogens is 213 g/mol. The molecule has 0 aromatic heterocycles. The van der Waals surface area contributed by atoms with Gasteiger partial charge in [0.15, 0.2) is 0 Å².